The van der Waals surface area contributed by atoms with Crippen molar-refractivity contribution in [2.45, 2.75) is 0 Å². The average Bonchev–Trinajstić information content (AvgIpc) is 2.86. The first-order valence-electron chi connectivity index (χ1n) is 7.21. The Morgan fingerprint density at radius 1 is 1.14 bits per heavy atom. The zero-order valence-corrected chi connectivity index (χ0v) is 12.6. The summed E-state index contributed by atoms with van der Waals surface area (Å²) in [5.74, 6) is 0.972. The molecule has 108 valence electrons. The van der Waals surface area contributed by atoms with Crippen LogP contribution in [0.5, 0.6) is 0 Å². The number of aromatic nitrogens is 2. The molecule has 6 heteroatoms. The van der Waals surface area contributed by atoms with E-state index in [9.17, 15) is 0 Å². The van der Waals surface area contributed by atoms with Gasteiger partial charge < -0.3 is 9.32 Å². The minimum Gasteiger partial charge on any atom is -0.446 e. The van der Waals surface area contributed by atoms with Crippen molar-refractivity contribution >= 4 is 39.5 Å². The molecule has 0 amide bonds. The van der Waals surface area contributed by atoms with Crippen molar-refractivity contribution in [3.8, 4) is 0 Å². The molecule has 1 fully saturated rings. The van der Waals surface area contributed by atoms with Crippen molar-refractivity contribution in [2.75, 3.05) is 33.2 Å². The van der Waals surface area contributed by atoms with Crippen molar-refractivity contribution in [3.05, 3.63) is 29.5 Å². The molecule has 0 bridgehead atoms. The van der Waals surface area contributed by atoms with Crippen LogP contribution in [0.15, 0.2) is 28.9 Å². The van der Waals surface area contributed by atoms with Gasteiger partial charge in [-0.15, -0.1) is 0 Å². The zero-order valence-electron chi connectivity index (χ0n) is 11.8. The van der Waals surface area contributed by atoms with E-state index in [0.29, 0.717) is 5.02 Å². The van der Waals surface area contributed by atoms with Crippen molar-refractivity contribution in [2.24, 2.45) is 0 Å². The molecule has 2 aromatic heterocycles. The van der Waals surface area contributed by atoms with Crippen LogP contribution < -0.4 is 9.80 Å². The third-order valence-corrected chi connectivity index (χ3v) is 4.49. The molecular formula is C15H17ClN4O+2. The summed E-state index contributed by atoms with van der Waals surface area (Å²) >= 11 is 6.09. The van der Waals surface area contributed by atoms with Gasteiger partial charge in [0.15, 0.2) is 0 Å². The summed E-state index contributed by atoms with van der Waals surface area (Å²) in [6.45, 7) is 4.42. The van der Waals surface area contributed by atoms with Gasteiger partial charge in [-0.05, 0) is 18.2 Å². The van der Waals surface area contributed by atoms with Gasteiger partial charge in [0.05, 0.1) is 7.05 Å². The molecule has 4 rings (SSSR count). The molecule has 1 aliphatic heterocycles. The highest BCUT2D eigenvalue weighted by atomic mass is 35.5. The second-order valence-electron chi connectivity index (χ2n) is 5.70. The molecule has 5 nitrogen and oxygen atoms in total. The number of rotatable bonds is 1. The van der Waals surface area contributed by atoms with Crippen LogP contribution in [-0.2, 0) is 0 Å². The van der Waals surface area contributed by atoms with Gasteiger partial charge in [0.2, 0.25) is 5.58 Å². The minimum atomic E-state index is 0.695. The maximum atomic E-state index is 6.09. The van der Waals surface area contributed by atoms with E-state index in [1.54, 1.807) is 11.2 Å². The summed E-state index contributed by atoms with van der Waals surface area (Å²) < 4.78 is 6.01. The molecule has 0 saturated carbocycles. The lowest BCUT2D eigenvalue weighted by Gasteiger charge is -2.25. The molecule has 2 N–H and O–H groups in total. The number of hydrogen-bond acceptors (Lipinski definition) is 3. The Kier molecular flexibility index (Phi) is 3.06. The predicted molar refractivity (Wildman–Crippen MR) is 81.3 cm³/mol. The number of furan rings is 1. The summed E-state index contributed by atoms with van der Waals surface area (Å²) in [5, 5.41) is 1.65. The summed E-state index contributed by atoms with van der Waals surface area (Å²) in [6, 6.07) is 5.64. The zero-order chi connectivity index (χ0) is 14.4. The van der Waals surface area contributed by atoms with E-state index in [1.165, 1.54) is 4.90 Å². The van der Waals surface area contributed by atoms with Crippen LogP contribution in [0.3, 0.4) is 0 Å². The van der Waals surface area contributed by atoms with Gasteiger partial charge in [-0.3, -0.25) is 4.90 Å². The number of halogens is 1. The topological polar surface area (TPSA) is 47.8 Å². The number of nitrogens with one attached hydrogen (secondary N) is 2. The quantitative estimate of drug-likeness (QED) is 0.669. The Balaban J connectivity index is 1.88. The van der Waals surface area contributed by atoms with E-state index in [1.807, 2.05) is 18.2 Å². The number of quaternary nitrogens is 2. The van der Waals surface area contributed by atoms with Gasteiger partial charge >= 0.3 is 0 Å². The first-order valence-corrected chi connectivity index (χ1v) is 7.59. The highest BCUT2D eigenvalue weighted by Crippen LogP contribution is 2.31. The molecular weight excluding hydrogens is 288 g/mol. The smallest absolute Gasteiger partial charge is 0.273 e. The molecule has 0 unspecified atom stereocenters. The molecule has 3 aromatic rings. The fourth-order valence-corrected chi connectivity index (χ4v) is 3.19. The fraction of sp³-hybridized carbons (Fsp3) is 0.333. The third kappa shape index (κ3) is 2.18. The summed E-state index contributed by atoms with van der Waals surface area (Å²) in [4.78, 5) is 11.8. The van der Waals surface area contributed by atoms with Crippen molar-refractivity contribution in [1.29, 1.82) is 0 Å². The molecule has 0 atom stereocenters. The molecule has 3 heterocycles. The van der Waals surface area contributed by atoms with Gasteiger partial charge in [-0.1, -0.05) is 11.6 Å². The van der Waals surface area contributed by atoms with E-state index in [2.05, 4.69) is 17.0 Å². The van der Waals surface area contributed by atoms with Gasteiger partial charge in [-0.2, -0.15) is 4.98 Å². The predicted octanol–water partition coefficient (Wildman–Crippen LogP) is 0.0741. The Hall–Kier alpha value is -1.69. The highest BCUT2D eigenvalue weighted by molar-refractivity contribution is 6.31. The molecule has 1 aromatic carbocycles. The minimum absolute atomic E-state index is 0.695. The monoisotopic (exact) mass is 304 g/mol. The largest absolute Gasteiger partial charge is 0.446 e. The van der Waals surface area contributed by atoms with Crippen LogP contribution in [0.2, 0.25) is 5.02 Å². The fourth-order valence-electron chi connectivity index (χ4n) is 3.02. The second-order valence-corrected chi connectivity index (χ2v) is 6.14. The number of benzene rings is 1. The molecule has 0 aliphatic carbocycles. The lowest BCUT2D eigenvalue weighted by molar-refractivity contribution is -0.975. The molecule has 1 saturated heterocycles. The van der Waals surface area contributed by atoms with E-state index in [-0.39, 0.29) is 0 Å². The lowest BCUT2D eigenvalue weighted by Crippen LogP contribution is -3.25. The summed E-state index contributed by atoms with van der Waals surface area (Å²) in [5.41, 5.74) is 2.47. The van der Waals surface area contributed by atoms with Crippen LogP contribution in [0.25, 0.3) is 22.1 Å². The van der Waals surface area contributed by atoms with Crippen molar-refractivity contribution in [3.63, 3.8) is 0 Å². The van der Waals surface area contributed by atoms with Crippen LogP contribution in [0, 0.1) is 0 Å². The maximum absolute atomic E-state index is 6.09. The summed E-state index contributed by atoms with van der Waals surface area (Å²) in [7, 11) is 2.23. The third-order valence-electron chi connectivity index (χ3n) is 4.25. The van der Waals surface area contributed by atoms with Gasteiger partial charge in [0.25, 0.3) is 5.82 Å². The Bertz CT molecular complexity index is 808. The Morgan fingerprint density at radius 3 is 2.76 bits per heavy atom. The van der Waals surface area contributed by atoms with Crippen molar-refractivity contribution in [1.82, 2.24) is 9.97 Å². The van der Waals surface area contributed by atoms with Gasteiger partial charge in [-0.25, -0.2) is 4.98 Å². The van der Waals surface area contributed by atoms with Crippen LogP contribution >= 0.6 is 11.6 Å². The molecule has 0 spiro atoms. The highest BCUT2D eigenvalue weighted by Gasteiger charge is 2.27. The molecule has 1 aliphatic rings. The normalized spacial score (nSPS) is 23.0. The SMILES string of the molecule is C[NH+]1CC[NH+](c2ncnc3c2oc2ccc(Cl)cc23)CC1. The molecule has 0 radical (unpaired) electrons. The van der Waals surface area contributed by atoms with E-state index in [0.717, 1.165) is 54.1 Å². The maximum Gasteiger partial charge on any atom is 0.273 e. The number of piperazine rings is 1. The van der Waals surface area contributed by atoms with E-state index in [4.69, 9.17) is 16.0 Å². The van der Waals surface area contributed by atoms with Crippen LogP contribution in [0.4, 0.5) is 5.82 Å². The Labute approximate surface area is 127 Å². The number of fused-ring (bicyclic) bond motifs is 3. The first kappa shape index (κ1) is 13.0. The summed E-state index contributed by atoms with van der Waals surface area (Å²) in [6.07, 6.45) is 1.63. The van der Waals surface area contributed by atoms with Crippen molar-refractivity contribution < 1.29 is 14.2 Å². The lowest BCUT2D eigenvalue weighted by atomic mass is 10.2. The first-order chi connectivity index (χ1) is 10.2. The van der Waals surface area contributed by atoms with Gasteiger partial charge in [0.1, 0.15) is 43.6 Å². The average molecular weight is 305 g/mol. The molecule has 21 heavy (non-hydrogen) atoms. The van der Waals surface area contributed by atoms with Gasteiger partial charge in [0, 0.05) is 10.4 Å². The van der Waals surface area contributed by atoms with E-state index < -0.39 is 0 Å². The van der Waals surface area contributed by atoms with Crippen LogP contribution in [0.1, 0.15) is 0 Å². The second kappa shape index (κ2) is 4.94. The van der Waals surface area contributed by atoms with Crippen LogP contribution in [-0.4, -0.2) is 43.2 Å². The number of likely N-dealkylation sites (N-methyl/N-ethyl adjacent to an activating group) is 1. The van der Waals surface area contributed by atoms with E-state index >= 15 is 0 Å². The standard InChI is InChI=1S/C15H15ClN4O/c1-19-4-6-20(7-5-19)15-14-13(17-9-18-15)11-8-10(16)2-3-12(11)21-14/h2-3,8-9H,4-7H2,1H3/p+2. The Morgan fingerprint density at radius 2 is 1.95 bits per heavy atom. The number of nitrogens with zero attached hydrogens (tertiary/aromatic N) is 2. The number of hydrogen-bond donors (Lipinski definition) is 2.